The molecule has 0 saturated carbocycles. The van der Waals surface area contributed by atoms with Crippen molar-refractivity contribution in [3.8, 4) is 0 Å². The van der Waals surface area contributed by atoms with E-state index in [-0.39, 0.29) is 17.1 Å². The van der Waals surface area contributed by atoms with Crippen LogP contribution in [0.15, 0.2) is 10.5 Å². The maximum Gasteiger partial charge on any atom is 0.418 e. The molecule has 118 valence electrons. The molecule has 0 radical (unpaired) electrons. The zero-order chi connectivity index (χ0) is 16.1. The smallest absolute Gasteiger partial charge is 0.418 e. The van der Waals surface area contributed by atoms with Crippen LogP contribution < -0.4 is 0 Å². The van der Waals surface area contributed by atoms with Crippen molar-refractivity contribution in [3.05, 3.63) is 28.6 Å². The molecule has 1 aromatic heterocycles. The number of oxazole rings is 1. The van der Waals surface area contributed by atoms with Crippen molar-refractivity contribution in [1.82, 2.24) is 4.98 Å². The number of hydrogen-bond acceptors (Lipinski definition) is 3. The monoisotopic (exact) mass is 313 g/mol. The van der Waals surface area contributed by atoms with Crippen LogP contribution in [-0.4, -0.2) is 16.1 Å². The van der Waals surface area contributed by atoms with Gasteiger partial charge < -0.3 is 9.52 Å². The topological polar surface area (TPSA) is 63.3 Å². The Balaban J connectivity index is 2.38. The third-order valence-corrected chi connectivity index (χ3v) is 4.18. The van der Waals surface area contributed by atoms with Crippen LogP contribution in [0.5, 0.6) is 0 Å². The van der Waals surface area contributed by atoms with Gasteiger partial charge in [0.25, 0.3) is 0 Å². The second kappa shape index (κ2) is 5.00. The Morgan fingerprint density at radius 3 is 2.82 bits per heavy atom. The highest BCUT2D eigenvalue weighted by atomic mass is 19.4. The minimum Gasteiger partial charge on any atom is -0.474 e. The number of rotatable bonds is 2. The van der Waals surface area contributed by atoms with E-state index >= 15 is 0 Å². The van der Waals surface area contributed by atoms with Gasteiger partial charge in [-0.3, -0.25) is 0 Å². The molecule has 4 nitrogen and oxygen atoms in total. The Kier molecular flexibility index (Phi) is 3.38. The Morgan fingerprint density at radius 1 is 1.50 bits per heavy atom. The fraction of sp³-hybridized carbons (Fsp3) is 0.467. The lowest BCUT2D eigenvalue weighted by molar-refractivity contribution is -0.137. The lowest BCUT2D eigenvalue weighted by Gasteiger charge is -2.28. The van der Waals surface area contributed by atoms with Crippen molar-refractivity contribution in [2.45, 2.75) is 44.7 Å². The molecule has 7 heteroatoms. The van der Waals surface area contributed by atoms with Gasteiger partial charge in [0.2, 0.25) is 0 Å². The van der Waals surface area contributed by atoms with Crippen LogP contribution in [0.25, 0.3) is 11.1 Å². The van der Waals surface area contributed by atoms with Gasteiger partial charge in [-0.25, -0.2) is 9.78 Å². The van der Waals surface area contributed by atoms with Crippen LogP contribution >= 0.6 is 0 Å². The molecule has 0 fully saturated rings. The summed E-state index contributed by atoms with van der Waals surface area (Å²) in [5.74, 6) is -2.38. The highest BCUT2D eigenvalue weighted by molar-refractivity contribution is 5.89. The second-order valence-corrected chi connectivity index (χ2v) is 5.49. The van der Waals surface area contributed by atoms with Gasteiger partial charge in [-0.15, -0.1) is 0 Å². The molecule has 2 aromatic rings. The average molecular weight is 313 g/mol. The van der Waals surface area contributed by atoms with E-state index in [1.807, 2.05) is 6.92 Å². The lowest BCUT2D eigenvalue weighted by Crippen LogP contribution is -2.18. The van der Waals surface area contributed by atoms with E-state index in [9.17, 15) is 18.0 Å². The molecule has 22 heavy (non-hydrogen) atoms. The number of halogens is 3. The number of hydrogen-bond donors (Lipinski definition) is 1. The summed E-state index contributed by atoms with van der Waals surface area (Å²) in [6, 6.07) is 1.52. The largest absolute Gasteiger partial charge is 0.474 e. The molecule has 3 rings (SSSR count). The van der Waals surface area contributed by atoms with Gasteiger partial charge in [-0.2, -0.15) is 13.2 Å². The fourth-order valence-electron chi connectivity index (χ4n) is 3.28. The van der Waals surface area contributed by atoms with Crippen molar-refractivity contribution in [2.75, 3.05) is 0 Å². The van der Waals surface area contributed by atoms with Gasteiger partial charge in [0.15, 0.2) is 5.58 Å². The number of aryl methyl sites for hydroxylation is 1. The molecular weight excluding hydrogens is 299 g/mol. The lowest BCUT2D eigenvalue weighted by atomic mass is 9.78. The number of aromatic nitrogens is 1. The summed E-state index contributed by atoms with van der Waals surface area (Å²) in [7, 11) is 0. The first-order valence-corrected chi connectivity index (χ1v) is 7.09. The number of fused-ring (bicyclic) bond motifs is 2. The van der Waals surface area contributed by atoms with E-state index in [1.54, 1.807) is 0 Å². The first-order valence-electron chi connectivity index (χ1n) is 7.09. The second-order valence-electron chi connectivity index (χ2n) is 5.49. The minimum absolute atomic E-state index is 0.111. The first-order chi connectivity index (χ1) is 10.3. The first kappa shape index (κ1) is 14.9. The van der Waals surface area contributed by atoms with Crippen molar-refractivity contribution in [2.24, 2.45) is 0 Å². The number of carboxylic acid groups (broad SMARTS) is 1. The highest BCUT2D eigenvalue weighted by Crippen LogP contribution is 2.46. The van der Waals surface area contributed by atoms with E-state index in [0.717, 1.165) is 6.42 Å². The van der Waals surface area contributed by atoms with Crippen molar-refractivity contribution >= 4 is 17.1 Å². The Morgan fingerprint density at radius 2 is 2.23 bits per heavy atom. The molecule has 1 N–H and O–H groups in total. The predicted molar refractivity (Wildman–Crippen MR) is 71.9 cm³/mol. The van der Waals surface area contributed by atoms with Crippen molar-refractivity contribution in [3.63, 3.8) is 0 Å². The quantitative estimate of drug-likeness (QED) is 0.894. The molecule has 0 saturated heterocycles. The maximum atomic E-state index is 13.6. The summed E-state index contributed by atoms with van der Waals surface area (Å²) in [5, 5.41) is 8.91. The molecule has 0 aliphatic heterocycles. The molecule has 1 aromatic carbocycles. The number of aromatic carboxylic acids is 1. The minimum atomic E-state index is -4.60. The Labute approximate surface area is 123 Å². The van der Waals surface area contributed by atoms with E-state index in [1.165, 1.54) is 6.07 Å². The summed E-state index contributed by atoms with van der Waals surface area (Å²) in [6.07, 6.45) is -1.95. The van der Waals surface area contributed by atoms with Crippen molar-refractivity contribution in [1.29, 1.82) is 0 Å². The maximum absolute atomic E-state index is 13.6. The van der Waals surface area contributed by atoms with Gasteiger partial charge in [0.1, 0.15) is 5.52 Å². The average Bonchev–Trinajstić information content (AvgIpc) is 2.86. The molecular formula is C15H14F3NO3. The van der Waals surface area contributed by atoms with Crippen LogP contribution in [0.1, 0.15) is 59.5 Å². The summed E-state index contributed by atoms with van der Waals surface area (Å²) in [4.78, 5) is 14.5. The van der Waals surface area contributed by atoms with Crippen LogP contribution in [0, 0.1) is 0 Å². The van der Waals surface area contributed by atoms with Crippen LogP contribution in [0.2, 0.25) is 0 Å². The molecule has 1 heterocycles. The van der Waals surface area contributed by atoms with E-state index in [0.29, 0.717) is 24.8 Å². The summed E-state index contributed by atoms with van der Waals surface area (Å²) < 4.78 is 45.8. The number of benzene rings is 1. The summed E-state index contributed by atoms with van der Waals surface area (Å²) in [6.45, 7) is 1.86. The molecule has 1 atom stereocenters. The SMILES string of the molecule is CCC1CCCc2cc3oc(C(=O)O)nc3c(C(F)(F)F)c21. The number of alkyl halides is 3. The standard InChI is InChI=1S/C15H14F3NO3/c1-2-7-4-3-5-8-6-9-12(19-13(22-9)14(20)21)11(10(7)8)15(16,17)18/h6-7H,2-5H2,1H3,(H,20,21). The van der Waals surface area contributed by atoms with Gasteiger partial charge in [0, 0.05) is 0 Å². The molecule has 0 spiro atoms. The molecule has 1 unspecified atom stereocenters. The molecule has 1 aliphatic rings. The third-order valence-electron chi connectivity index (χ3n) is 4.18. The van der Waals surface area contributed by atoms with E-state index in [2.05, 4.69) is 4.98 Å². The Bertz CT molecular complexity index is 749. The highest BCUT2D eigenvalue weighted by Gasteiger charge is 2.41. The van der Waals surface area contributed by atoms with E-state index < -0.39 is 29.1 Å². The zero-order valence-corrected chi connectivity index (χ0v) is 11.8. The van der Waals surface area contributed by atoms with Crippen molar-refractivity contribution < 1.29 is 27.5 Å². The number of carboxylic acids is 1. The van der Waals surface area contributed by atoms with Crippen LogP contribution in [-0.2, 0) is 12.6 Å². The molecule has 0 bridgehead atoms. The molecule has 1 aliphatic carbocycles. The summed E-state index contributed by atoms with van der Waals surface area (Å²) in [5.41, 5.74) is -0.489. The van der Waals surface area contributed by atoms with Crippen LogP contribution in [0.4, 0.5) is 13.2 Å². The summed E-state index contributed by atoms with van der Waals surface area (Å²) >= 11 is 0. The van der Waals surface area contributed by atoms with Gasteiger partial charge >= 0.3 is 18.0 Å². The Hall–Kier alpha value is -2.05. The predicted octanol–water partition coefficient (Wildman–Crippen LogP) is 4.37. The van der Waals surface area contributed by atoms with E-state index in [4.69, 9.17) is 9.52 Å². The van der Waals surface area contributed by atoms with Crippen LogP contribution in [0.3, 0.4) is 0 Å². The normalized spacial score (nSPS) is 18.5. The van der Waals surface area contributed by atoms with Gasteiger partial charge in [0.05, 0.1) is 5.56 Å². The third kappa shape index (κ3) is 2.24. The number of nitrogens with zero attached hydrogens (tertiary/aromatic N) is 1. The fourth-order valence-corrected chi connectivity index (χ4v) is 3.28. The number of carbonyl (C=O) groups is 1. The molecule has 0 amide bonds. The zero-order valence-electron chi connectivity index (χ0n) is 11.8. The van der Waals surface area contributed by atoms with Gasteiger partial charge in [-0.1, -0.05) is 6.92 Å². The van der Waals surface area contributed by atoms with Gasteiger partial charge in [-0.05, 0) is 48.8 Å².